The summed E-state index contributed by atoms with van der Waals surface area (Å²) >= 11 is 0. The van der Waals surface area contributed by atoms with Crippen molar-refractivity contribution in [2.45, 2.75) is 37.6 Å². The van der Waals surface area contributed by atoms with E-state index in [4.69, 9.17) is 11.5 Å². The fraction of sp³-hybridized carbons (Fsp3) is 0.412. The van der Waals surface area contributed by atoms with Crippen LogP contribution in [0.2, 0.25) is 0 Å². The maximum Gasteiger partial charge on any atom is 0.256 e. The lowest BCUT2D eigenvalue weighted by Crippen LogP contribution is -2.28. The molecular weight excluding hydrogens is 309 g/mol. The second-order valence-corrected chi connectivity index (χ2v) is 6.56. The fourth-order valence-corrected chi connectivity index (χ4v) is 3.68. The van der Waals surface area contributed by atoms with Gasteiger partial charge in [0.05, 0.1) is 11.6 Å². The number of nitrogens with two attached hydrogens (primary N) is 2. The Kier molecular flexibility index (Phi) is 3.53. The molecule has 0 bridgehead atoms. The van der Waals surface area contributed by atoms with Gasteiger partial charge in [-0.15, -0.1) is 0 Å². The number of nitrogens with one attached hydrogen (secondary N) is 1. The van der Waals surface area contributed by atoms with Gasteiger partial charge in [0.25, 0.3) is 5.91 Å². The Hall–Kier alpha value is -2.41. The molecular formula is C17H20FN5O. The van der Waals surface area contributed by atoms with Gasteiger partial charge in [0.15, 0.2) is 0 Å². The van der Waals surface area contributed by atoms with E-state index in [0.29, 0.717) is 30.8 Å². The van der Waals surface area contributed by atoms with Gasteiger partial charge in [-0.25, -0.2) is 4.39 Å². The number of aryl methyl sites for hydroxylation is 1. The summed E-state index contributed by atoms with van der Waals surface area (Å²) in [5.41, 5.74) is 15.4. The topological polar surface area (TPSA) is 99.0 Å². The lowest BCUT2D eigenvalue weighted by atomic mass is 9.90. The van der Waals surface area contributed by atoms with E-state index in [1.807, 2.05) is 0 Å². The molecule has 1 aliphatic heterocycles. The molecule has 126 valence electrons. The van der Waals surface area contributed by atoms with E-state index in [0.717, 1.165) is 29.8 Å². The molecule has 0 radical (unpaired) electrons. The van der Waals surface area contributed by atoms with Crippen molar-refractivity contribution in [3.8, 4) is 0 Å². The third kappa shape index (κ3) is 2.36. The average molecular weight is 329 g/mol. The Morgan fingerprint density at radius 1 is 1.38 bits per heavy atom. The number of benzene rings is 1. The molecule has 6 nitrogen and oxygen atoms in total. The summed E-state index contributed by atoms with van der Waals surface area (Å²) in [5, 5.41) is 7.63. The normalized spacial score (nSPS) is 22.4. The van der Waals surface area contributed by atoms with Gasteiger partial charge in [0, 0.05) is 23.8 Å². The summed E-state index contributed by atoms with van der Waals surface area (Å²) in [7, 11) is 0. The first-order valence-corrected chi connectivity index (χ1v) is 8.24. The van der Waals surface area contributed by atoms with Crippen molar-refractivity contribution in [3.63, 3.8) is 0 Å². The maximum absolute atomic E-state index is 13.6. The zero-order chi connectivity index (χ0) is 16.8. The highest BCUT2D eigenvalue weighted by Crippen LogP contribution is 2.35. The smallest absolute Gasteiger partial charge is 0.256 e. The Morgan fingerprint density at radius 3 is 3.04 bits per heavy atom. The second kappa shape index (κ2) is 5.59. The predicted octanol–water partition coefficient (Wildman–Crippen LogP) is 1.66. The summed E-state index contributed by atoms with van der Waals surface area (Å²) in [6.07, 6.45) is 2.81. The Morgan fingerprint density at radius 2 is 2.21 bits per heavy atom. The maximum atomic E-state index is 13.6. The Bertz CT molecular complexity index is 816. The van der Waals surface area contributed by atoms with Gasteiger partial charge in [-0.05, 0) is 49.4 Å². The minimum atomic E-state index is -0.450. The van der Waals surface area contributed by atoms with Crippen molar-refractivity contribution < 1.29 is 9.18 Å². The first-order valence-electron chi connectivity index (χ1n) is 8.24. The van der Waals surface area contributed by atoms with Crippen molar-refractivity contribution >= 4 is 17.4 Å². The number of aromatic nitrogens is 2. The molecule has 1 aromatic heterocycles. The fourth-order valence-electron chi connectivity index (χ4n) is 3.68. The predicted molar refractivity (Wildman–Crippen MR) is 89.5 cm³/mol. The molecule has 1 aliphatic carbocycles. The first-order chi connectivity index (χ1) is 11.5. The number of hydrogen-bond acceptors (Lipinski definition) is 5. The van der Waals surface area contributed by atoms with Gasteiger partial charge in [0.1, 0.15) is 11.6 Å². The number of carbonyl (C=O) groups excluding carboxylic acids is 1. The van der Waals surface area contributed by atoms with Crippen molar-refractivity contribution in [1.29, 1.82) is 0 Å². The summed E-state index contributed by atoms with van der Waals surface area (Å²) in [6.45, 7) is 0.654. The third-order valence-corrected chi connectivity index (χ3v) is 4.97. The molecule has 24 heavy (non-hydrogen) atoms. The van der Waals surface area contributed by atoms with Crippen LogP contribution in [0.5, 0.6) is 0 Å². The van der Waals surface area contributed by atoms with E-state index in [-0.39, 0.29) is 17.8 Å². The second-order valence-electron chi connectivity index (χ2n) is 6.56. The lowest BCUT2D eigenvalue weighted by Gasteiger charge is -2.25. The monoisotopic (exact) mass is 329 g/mol. The van der Waals surface area contributed by atoms with Crippen molar-refractivity contribution in [2.24, 2.45) is 5.73 Å². The van der Waals surface area contributed by atoms with Crippen LogP contribution in [0.1, 0.15) is 40.4 Å². The van der Waals surface area contributed by atoms with Gasteiger partial charge in [-0.1, -0.05) is 0 Å². The standard InChI is InChI=1S/C17H20FN5O/c18-9-1-3-14-12(7-9)11(5-6-21-14)17(24)23-16(20)13-8-10(19)2-4-15(13)22-23/h1,3,7,10-11,21H,2,4-6,8,19-20H2/t10-,11+/m1/s1. The zero-order valence-electron chi connectivity index (χ0n) is 13.3. The van der Waals surface area contributed by atoms with E-state index >= 15 is 0 Å². The molecule has 7 heteroatoms. The highest BCUT2D eigenvalue weighted by atomic mass is 19.1. The molecule has 2 aromatic rings. The van der Waals surface area contributed by atoms with Crippen molar-refractivity contribution in [2.75, 3.05) is 17.6 Å². The summed E-state index contributed by atoms with van der Waals surface area (Å²) in [6, 6.07) is 4.53. The van der Waals surface area contributed by atoms with Crippen LogP contribution in [0.15, 0.2) is 18.2 Å². The zero-order valence-corrected chi connectivity index (χ0v) is 13.3. The van der Waals surface area contributed by atoms with Gasteiger partial charge in [0.2, 0.25) is 0 Å². The minimum absolute atomic E-state index is 0.0567. The number of nitrogens with zero attached hydrogens (tertiary/aromatic N) is 2. The molecule has 0 fully saturated rings. The number of fused-ring (bicyclic) bond motifs is 2. The van der Waals surface area contributed by atoms with Gasteiger partial charge >= 0.3 is 0 Å². The number of rotatable bonds is 1. The van der Waals surface area contributed by atoms with Crippen molar-refractivity contribution in [3.05, 3.63) is 40.8 Å². The highest BCUT2D eigenvalue weighted by molar-refractivity contribution is 5.90. The van der Waals surface area contributed by atoms with Crippen LogP contribution < -0.4 is 16.8 Å². The van der Waals surface area contributed by atoms with Crippen LogP contribution in [0, 0.1) is 5.82 Å². The van der Waals surface area contributed by atoms with Crippen LogP contribution in [-0.2, 0) is 12.8 Å². The van der Waals surface area contributed by atoms with Crippen LogP contribution in [-0.4, -0.2) is 28.3 Å². The van der Waals surface area contributed by atoms with E-state index in [1.54, 1.807) is 6.07 Å². The molecule has 2 aliphatic rings. The molecule has 0 amide bonds. The number of nitrogen functional groups attached to an aromatic ring is 1. The molecule has 5 N–H and O–H groups in total. The molecule has 0 saturated carbocycles. The molecule has 0 spiro atoms. The van der Waals surface area contributed by atoms with Crippen molar-refractivity contribution in [1.82, 2.24) is 9.78 Å². The summed E-state index contributed by atoms with van der Waals surface area (Å²) in [5.74, 6) is -0.631. The largest absolute Gasteiger partial charge is 0.385 e. The van der Waals surface area contributed by atoms with Crippen LogP contribution in [0.4, 0.5) is 15.9 Å². The third-order valence-electron chi connectivity index (χ3n) is 4.97. The quantitative estimate of drug-likeness (QED) is 0.739. The van der Waals surface area contributed by atoms with Gasteiger partial charge < -0.3 is 16.8 Å². The van der Waals surface area contributed by atoms with Crippen LogP contribution in [0.3, 0.4) is 0 Å². The minimum Gasteiger partial charge on any atom is -0.385 e. The average Bonchev–Trinajstić information content (AvgIpc) is 2.90. The van der Waals surface area contributed by atoms with E-state index in [2.05, 4.69) is 10.4 Å². The molecule has 4 rings (SSSR count). The van der Waals surface area contributed by atoms with Gasteiger partial charge in [-0.3, -0.25) is 4.79 Å². The number of halogens is 1. The number of anilines is 2. The Balaban J connectivity index is 1.72. The van der Waals surface area contributed by atoms with E-state index in [9.17, 15) is 9.18 Å². The van der Waals surface area contributed by atoms with E-state index < -0.39 is 5.92 Å². The SMILES string of the molecule is Nc1c2c(nn1C(=O)[C@H]1CCNc3ccc(F)cc31)CC[C@@H](N)C2. The summed E-state index contributed by atoms with van der Waals surface area (Å²) < 4.78 is 14.9. The number of carbonyl (C=O) groups is 1. The molecule has 1 aromatic carbocycles. The summed E-state index contributed by atoms with van der Waals surface area (Å²) in [4.78, 5) is 13.0. The molecule has 0 unspecified atom stereocenters. The molecule has 2 heterocycles. The van der Waals surface area contributed by atoms with Gasteiger partial charge in [-0.2, -0.15) is 9.78 Å². The van der Waals surface area contributed by atoms with Crippen LogP contribution in [0.25, 0.3) is 0 Å². The lowest BCUT2D eigenvalue weighted by molar-refractivity contribution is 0.0859. The molecule has 0 saturated heterocycles. The first kappa shape index (κ1) is 15.1. The number of hydrogen-bond donors (Lipinski definition) is 3. The highest BCUT2D eigenvalue weighted by Gasteiger charge is 2.32. The van der Waals surface area contributed by atoms with E-state index in [1.165, 1.54) is 16.8 Å². The Labute approximate surface area is 139 Å². The molecule has 2 atom stereocenters. The van der Waals surface area contributed by atoms with Crippen LogP contribution >= 0.6 is 0 Å².